The summed E-state index contributed by atoms with van der Waals surface area (Å²) in [7, 11) is 0. The van der Waals surface area contributed by atoms with E-state index >= 15 is 0 Å². The summed E-state index contributed by atoms with van der Waals surface area (Å²) in [5, 5.41) is 7.75. The van der Waals surface area contributed by atoms with Crippen molar-refractivity contribution in [3.8, 4) is 0 Å². The molecule has 0 saturated carbocycles. The Balaban J connectivity index is 1.53. The van der Waals surface area contributed by atoms with Crippen LogP contribution in [0.5, 0.6) is 0 Å². The van der Waals surface area contributed by atoms with E-state index in [0.29, 0.717) is 5.56 Å². The van der Waals surface area contributed by atoms with E-state index in [2.05, 4.69) is 20.8 Å². The number of H-pyrrole nitrogens is 1. The lowest BCUT2D eigenvalue weighted by molar-refractivity contribution is -0.117. The van der Waals surface area contributed by atoms with Gasteiger partial charge in [0.15, 0.2) is 0 Å². The number of fused-ring (bicyclic) bond motifs is 1. The van der Waals surface area contributed by atoms with E-state index in [9.17, 15) is 9.59 Å². The van der Waals surface area contributed by atoms with Crippen LogP contribution in [0.15, 0.2) is 102 Å². The highest BCUT2D eigenvalue weighted by Crippen LogP contribution is 2.15. The van der Waals surface area contributed by atoms with Gasteiger partial charge in [-0.25, -0.2) is 5.43 Å². The van der Waals surface area contributed by atoms with E-state index < -0.39 is 5.91 Å². The van der Waals surface area contributed by atoms with Crippen molar-refractivity contribution in [2.75, 3.05) is 0 Å². The van der Waals surface area contributed by atoms with Crippen LogP contribution in [-0.2, 0) is 4.79 Å². The fourth-order valence-electron chi connectivity index (χ4n) is 3.08. The summed E-state index contributed by atoms with van der Waals surface area (Å²) < 4.78 is 0. The molecule has 0 unspecified atom stereocenters. The third kappa shape index (κ3) is 4.94. The van der Waals surface area contributed by atoms with Crippen molar-refractivity contribution in [1.29, 1.82) is 0 Å². The molecule has 1 aromatic heterocycles. The molecule has 6 nitrogen and oxygen atoms in total. The first-order chi connectivity index (χ1) is 15.2. The van der Waals surface area contributed by atoms with Crippen LogP contribution in [0.1, 0.15) is 21.5 Å². The lowest BCUT2D eigenvalue weighted by Crippen LogP contribution is -2.32. The number of carbonyl (C=O) groups is 2. The van der Waals surface area contributed by atoms with Crippen molar-refractivity contribution in [3.63, 3.8) is 0 Å². The van der Waals surface area contributed by atoms with Gasteiger partial charge in [0.25, 0.3) is 11.8 Å². The molecule has 3 aromatic carbocycles. The molecule has 0 aliphatic heterocycles. The van der Waals surface area contributed by atoms with E-state index in [4.69, 9.17) is 0 Å². The molecule has 152 valence electrons. The number of nitrogens with zero attached hydrogens (tertiary/aromatic N) is 1. The maximum atomic E-state index is 12.8. The SMILES string of the molecule is O=C(N/N=C/c1c[nH]c2ccccc12)/C(=C/c1ccccc1)NC(=O)c1ccccc1. The van der Waals surface area contributed by atoms with Gasteiger partial charge in [0, 0.05) is 28.2 Å². The summed E-state index contributed by atoms with van der Waals surface area (Å²) in [5.41, 5.74) is 5.65. The molecule has 1 heterocycles. The molecular weight excluding hydrogens is 388 g/mol. The number of hydrazone groups is 1. The van der Waals surface area contributed by atoms with Crippen LogP contribution >= 0.6 is 0 Å². The van der Waals surface area contributed by atoms with Gasteiger partial charge >= 0.3 is 0 Å². The zero-order valence-electron chi connectivity index (χ0n) is 16.6. The predicted molar refractivity (Wildman–Crippen MR) is 122 cm³/mol. The lowest BCUT2D eigenvalue weighted by atomic mass is 10.1. The van der Waals surface area contributed by atoms with Crippen LogP contribution in [0.2, 0.25) is 0 Å². The van der Waals surface area contributed by atoms with Gasteiger partial charge in [0.1, 0.15) is 5.70 Å². The van der Waals surface area contributed by atoms with Gasteiger partial charge in [0.05, 0.1) is 6.21 Å². The van der Waals surface area contributed by atoms with Crippen molar-refractivity contribution < 1.29 is 9.59 Å². The summed E-state index contributed by atoms with van der Waals surface area (Å²) in [6, 6.07) is 25.8. The van der Waals surface area contributed by atoms with Crippen molar-refractivity contribution in [2.24, 2.45) is 5.10 Å². The number of aromatic nitrogens is 1. The zero-order valence-corrected chi connectivity index (χ0v) is 16.6. The third-order valence-electron chi connectivity index (χ3n) is 4.63. The highest BCUT2D eigenvalue weighted by Gasteiger charge is 2.14. The molecule has 0 fully saturated rings. The maximum Gasteiger partial charge on any atom is 0.287 e. The molecule has 0 atom stereocenters. The quantitative estimate of drug-likeness (QED) is 0.255. The fraction of sp³-hybridized carbons (Fsp3) is 0. The smallest absolute Gasteiger partial charge is 0.287 e. The van der Waals surface area contributed by atoms with E-state index in [1.54, 1.807) is 36.6 Å². The summed E-state index contributed by atoms with van der Waals surface area (Å²) in [4.78, 5) is 28.5. The van der Waals surface area contributed by atoms with Gasteiger partial charge in [-0.15, -0.1) is 0 Å². The molecule has 2 amide bonds. The second kappa shape index (κ2) is 9.37. The number of benzene rings is 3. The predicted octanol–water partition coefficient (Wildman–Crippen LogP) is 4.09. The largest absolute Gasteiger partial charge is 0.361 e. The molecule has 0 radical (unpaired) electrons. The van der Waals surface area contributed by atoms with Crippen LogP contribution in [0.4, 0.5) is 0 Å². The monoisotopic (exact) mass is 408 g/mol. The maximum absolute atomic E-state index is 12.8. The molecule has 0 aliphatic carbocycles. The first-order valence-electron chi connectivity index (χ1n) is 9.73. The molecule has 0 aliphatic rings. The molecule has 0 saturated heterocycles. The number of aromatic amines is 1. The van der Waals surface area contributed by atoms with E-state index in [1.807, 2.05) is 66.9 Å². The standard InChI is InChI=1S/C25H20N4O2/c30-24(19-11-5-2-6-12-19)28-23(15-18-9-3-1-4-10-18)25(31)29-27-17-20-16-26-22-14-8-7-13-21(20)22/h1-17,26H,(H,28,30)(H,29,31)/b23-15-,27-17+. The minimum Gasteiger partial charge on any atom is -0.361 e. The lowest BCUT2D eigenvalue weighted by Gasteiger charge is -2.09. The topological polar surface area (TPSA) is 86.3 Å². The Labute approximate surface area is 179 Å². The third-order valence-corrected chi connectivity index (χ3v) is 4.63. The van der Waals surface area contributed by atoms with Crippen LogP contribution in [-0.4, -0.2) is 23.0 Å². The van der Waals surface area contributed by atoms with E-state index in [0.717, 1.165) is 22.0 Å². The second-order valence-corrected chi connectivity index (χ2v) is 6.78. The van der Waals surface area contributed by atoms with Gasteiger partial charge in [-0.1, -0.05) is 66.7 Å². The highest BCUT2D eigenvalue weighted by molar-refractivity contribution is 6.06. The van der Waals surface area contributed by atoms with Crippen molar-refractivity contribution in [1.82, 2.24) is 15.7 Å². The normalized spacial score (nSPS) is 11.5. The van der Waals surface area contributed by atoms with Crippen molar-refractivity contribution in [2.45, 2.75) is 0 Å². The molecule has 0 bridgehead atoms. The number of para-hydroxylation sites is 1. The van der Waals surface area contributed by atoms with Crippen LogP contribution in [0, 0.1) is 0 Å². The number of carbonyl (C=O) groups excluding carboxylic acids is 2. The fourth-order valence-corrected chi connectivity index (χ4v) is 3.08. The molecule has 6 heteroatoms. The number of amides is 2. The minimum absolute atomic E-state index is 0.0936. The summed E-state index contributed by atoms with van der Waals surface area (Å²) in [6.07, 6.45) is 4.99. The van der Waals surface area contributed by atoms with Gasteiger partial charge < -0.3 is 10.3 Å². The number of nitrogens with one attached hydrogen (secondary N) is 3. The Morgan fingerprint density at radius 3 is 2.29 bits per heavy atom. The van der Waals surface area contributed by atoms with Gasteiger partial charge in [-0.3, -0.25) is 9.59 Å². The van der Waals surface area contributed by atoms with Crippen molar-refractivity contribution >= 4 is 35.0 Å². The zero-order chi connectivity index (χ0) is 21.5. The van der Waals surface area contributed by atoms with Gasteiger partial charge in [-0.2, -0.15) is 5.10 Å². The first kappa shape index (κ1) is 19.8. The van der Waals surface area contributed by atoms with E-state index in [-0.39, 0.29) is 11.6 Å². The second-order valence-electron chi connectivity index (χ2n) is 6.78. The Bertz CT molecular complexity index is 1260. The van der Waals surface area contributed by atoms with Crippen LogP contribution in [0.25, 0.3) is 17.0 Å². The number of rotatable bonds is 6. The average Bonchev–Trinajstić information content (AvgIpc) is 3.23. The Hall–Kier alpha value is -4.45. The minimum atomic E-state index is -0.524. The highest BCUT2D eigenvalue weighted by atomic mass is 16.2. The Kier molecular flexibility index (Phi) is 6.00. The van der Waals surface area contributed by atoms with Crippen LogP contribution < -0.4 is 10.7 Å². The summed E-state index contributed by atoms with van der Waals surface area (Å²) in [6.45, 7) is 0. The Morgan fingerprint density at radius 1 is 0.839 bits per heavy atom. The molecule has 3 N–H and O–H groups in total. The molecule has 4 rings (SSSR count). The van der Waals surface area contributed by atoms with Crippen LogP contribution in [0.3, 0.4) is 0 Å². The van der Waals surface area contributed by atoms with E-state index in [1.165, 1.54) is 0 Å². The summed E-state index contributed by atoms with van der Waals surface area (Å²) in [5.74, 6) is -0.900. The average molecular weight is 408 g/mol. The molecule has 0 spiro atoms. The molecule has 31 heavy (non-hydrogen) atoms. The number of hydrogen-bond acceptors (Lipinski definition) is 3. The number of hydrogen-bond donors (Lipinski definition) is 3. The van der Waals surface area contributed by atoms with Gasteiger partial charge in [-0.05, 0) is 29.8 Å². The first-order valence-corrected chi connectivity index (χ1v) is 9.73. The van der Waals surface area contributed by atoms with Gasteiger partial charge in [0.2, 0.25) is 0 Å². The van der Waals surface area contributed by atoms with Crippen molar-refractivity contribution in [3.05, 3.63) is 114 Å². The Morgan fingerprint density at radius 2 is 1.52 bits per heavy atom. The molecule has 4 aromatic rings. The summed E-state index contributed by atoms with van der Waals surface area (Å²) >= 11 is 0. The molecular formula is C25H20N4O2.